The zero-order chi connectivity index (χ0) is 21.7. The Balaban J connectivity index is 1.62. The van der Waals surface area contributed by atoms with Crippen molar-refractivity contribution < 1.29 is 14.0 Å². The van der Waals surface area contributed by atoms with Gasteiger partial charge in [0.05, 0.1) is 18.6 Å². The van der Waals surface area contributed by atoms with Crippen LogP contribution in [0.15, 0.2) is 52.2 Å². The van der Waals surface area contributed by atoms with Crippen LogP contribution in [-0.4, -0.2) is 51.3 Å². The summed E-state index contributed by atoms with van der Waals surface area (Å²) in [7, 11) is 3.40. The maximum atomic E-state index is 12.4. The number of carbonyl (C=O) groups is 2. The van der Waals surface area contributed by atoms with Crippen molar-refractivity contribution in [3.05, 3.63) is 59.8 Å². The summed E-state index contributed by atoms with van der Waals surface area (Å²) < 4.78 is 7.43. The van der Waals surface area contributed by atoms with Crippen LogP contribution in [0.3, 0.4) is 0 Å². The van der Waals surface area contributed by atoms with Gasteiger partial charge in [0.25, 0.3) is 5.91 Å². The van der Waals surface area contributed by atoms with Gasteiger partial charge in [0, 0.05) is 31.3 Å². The molecule has 2 aromatic heterocycles. The van der Waals surface area contributed by atoms with E-state index in [1.807, 2.05) is 16.7 Å². The van der Waals surface area contributed by atoms with E-state index in [0.717, 1.165) is 11.6 Å². The fourth-order valence-electron chi connectivity index (χ4n) is 2.82. The highest BCUT2D eigenvalue weighted by Gasteiger charge is 2.18. The van der Waals surface area contributed by atoms with Gasteiger partial charge >= 0.3 is 0 Å². The van der Waals surface area contributed by atoms with Crippen molar-refractivity contribution in [2.24, 2.45) is 0 Å². The van der Waals surface area contributed by atoms with E-state index in [0.29, 0.717) is 23.0 Å². The Bertz CT molecular complexity index is 994. The molecule has 0 atom stereocenters. The van der Waals surface area contributed by atoms with Crippen molar-refractivity contribution in [2.75, 3.05) is 25.2 Å². The Labute approximate surface area is 179 Å². The fourth-order valence-corrected chi connectivity index (χ4v) is 3.57. The molecule has 8 nitrogen and oxygen atoms in total. The van der Waals surface area contributed by atoms with Crippen LogP contribution in [0.5, 0.6) is 0 Å². The fraction of sp³-hybridized carbons (Fsp3) is 0.333. The molecule has 0 aliphatic heterocycles. The van der Waals surface area contributed by atoms with Crippen LogP contribution in [0.1, 0.15) is 41.7 Å². The second kappa shape index (κ2) is 9.62. The lowest BCUT2D eigenvalue weighted by Gasteiger charge is -2.11. The minimum atomic E-state index is -0.162. The van der Waals surface area contributed by atoms with Gasteiger partial charge in [0.1, 0.15) is 11.6 Å². The summed E-state index contributed by atoms with van der Waals surface area (Å²) >= 11 is 1.32. The lowest BCUT2D eigenvalue weighted by atomic mass is 10.2. The van der Waals surface area contributed by atoms with Crippen LogP contribution in [0.4, 0.5) is 5.69 Å². The summed E-state index contributed by atoms with van der Waals surface area (Å²) in [6.45, 7) is 4.61. The minimum absolute atomic E-state index is 0.0831. The summed E-state index contributed by atoms with van der Waals surface area (Å²) in [4.78, 5) is 25.9. The van der Waals surface area contributed by atoms with E-state index in [-0.39, 0.29) is 23.5 Å². The first kappa shape index (κ1) is 21.6. The number of anilines is 1. The molecule has 1 N–H and O–H groups in total. The van der Waals surface area contributed by atoms with Crippen LogP contribution in [0.2, 0.25) is 0 Å². The molecule has 0 unspecified atom stereocenters. The van der Waals surface area contributed by atoms with E-state index in [1.54, 1.807) is 44.6 Å². The molecule has 0 spiro atoms. The smallest absolute Gasteiger partial charge is 0.253 e. The Kier molecular flexibility index (Phi) is 6.94. The molecular weight excluding hydrogens is 402 g/mol. The molecule has 2 heterocycles. The number of furan rings is 1. The van der Waals surface area contributed by atoms with Crippen molar-refractivity contribution in [1.29, 1.82) is 0 Å². The molecule has 158 valence electrons. The Morgan fingerprint density at radius 3 is 2.50 bits per heavy atom. The van der Waals surface area contributed by atoms with Gasteiger partial charge in [-0.15, -0.1) is 10.2 Å². The van der Waals surface area contributed by atoms with E-state index >= 15 is 0 Å². The Morgan fingerprint density at radius 2 is 1.90 bits per heavy atom. The van der Waals surface area contributed by atoms with E-state index in [9.17, 15) is 9.59 Å². The second-order valence-electron chi connectivity index (χ2n) is 7.27. The van der Waals surface area contributed by atoms with Crippen molar-refractivity contribution in [1.82, 2.24) is 19.7 Å². The first-order valence-corrected chi connectivity index (χ1v) is 10.5. The number of nitrogens with one attached hydrogen (secondary N) is 1. The van der Waals surface area contributed by atoms with E-state index in [2.05, 4.69) is 29.4 Å². The van der Waals surface area contributed by atoms with Gasteiger partial charge in [0.2, 0.25) is 5.91 Å². The zero-order valence-electron chi connectivity index (χ0n) is 17.5. The van der Waals surface area contributed by atoms with Crippen LogP contribution < -0.4 is 5.32 Å². The number of hydrogen-bond donors (Lipinski definition) is 1. The first-order valence-electron chi connectivity index (χ1n) is 9.55. The van der Waals surface area contributed by atoms with Crippen molar-refractivity contribution in [2.45, 2.75) is 31.5 Å². The molecule has 0 saturated carbocycles. The van der Waals surface area contributed by atoms with Gasteiger partial charge in [-0.1, -0.05) is 25.6 Å². The lowest BCUT2D eigenvalue weighted by molar-refractivity contribution is -0.113. The monoisotopic (exact) mass is 427 g/mol. The SMILES string of the molecule is CC(C)c1nnc(SCC(=O)Nc2ccc(C(=O)N(C)C)cc2)n1Cc1ccco1. The average Bonchev–Trinajstić information content (AvgIpc) is 3.36. The second-order valence-corrected chi connectivity index (χ2v) is 8.22. The highest BCUT2D eigenvalue weighted by Crippen LogP contribution is 2.23. The number of hydrogen-bond acceptors (Lipinski definition) is 6. The van der Waals surface area contributed by atoms with Crippen LogP contribution in [0, 0.1) is 0 Å². The van der Waals surface area contributed by atoms with Gasteiger partial charge in [0.15, 0.2) is 5.16 Å². The van der Waals surface area contributed by atoms with Crippen LogP contribution >= 0.6 is 11.8 Å². The molecule has 0 aliphatic rings. The predicted molar refractivity (Wildman–Crippen MR) is 116 cm³/mol. The van der Waals surface area contributed by atoms with Crippen molar-refractivity contribution in [3.63, 3.8) is 0 Å². The third-order valence-electron chi connectivity index (χ3n) is 4.31. The standard InChI is InChI=1S/C21H25N5O3S/c1-14(2)19-23-24-21(26(19)12-17-6-5-11-29-17)30-13-18(27)22-16-9-7-15(8-10-16)20(28)25(3)4/h5-11,14H,12-13H2,1-4H3,(H,22,27). The summed E-state index contributed by atoms with van der Waals surface area (Å²) in [6, 6.07) is 10.6. The third kappa shape index (κ3) is 5.29. The van der Waals surface area contributed by atoms with Gasteiger partial charge in [-0.05, 0) is 36.4 Å². The molecule has 0 aliphatic carbocycles. The average molecular weight is 428 g/mol. The molecule has 0 radical (unpaired) electrons. The topological polar surface area (TPSA) is 93.3 Å². The summed E-state index contributed by atoms with van der Waals surface area (Å²) in [6.07, 6.45) is 1.63. The molecule has 9 heteroatoms. The van der Waals surface area contributed by atoms with Gasteiger partial charge < -0.3 is 14.6 Å². The highest BCUT2D eigenvalue weighted by molar-refractivity contribution is 7.99. The summed E-state index contributed by atoms with van der Waals surface area (Å²) in [5, 5.41) is 12.0. The quantitative estimate of drug-likeness (QED) is 0.553. The van der Waals surface area contributed by atoms with Crippen LogP contribution in [0.25, 0.3) is 0 Å². The van der Waals surface area contributed by atoms with Crippen molar-refractivity contribution >= 4 is 29.3 Å². The molecule has 0 fully saturated rings. The summed E-state index contributed by atoms with van der Waals surface area (Å²) in [5.74, 6) is 1.78. The molecule has 3 rings (SSSR count). The lowest BCUT2D eigenvalue weighted by Crippen LogP contribution is -2.21. The Hall–Kier alpha value is -3.07. The predicted octanol–water partition coefficient (Wildman–Crippen LogP) is 3.48. The van der Waals surface area contributed by atoms with E-state index in [1.165, 1.54) is 16.7 Å². The maximum Gasteiger partial charge on any atom is 0.253 e. The van der Waals surface area contributed by atoms with Gasteiger partial charge in [-0.3, -0.25) is 14.2 Å². The number of amides is 2. The molecule has 1 aromatic carbocycles. The number of thioether (sulfide) groups is 1. The molecular formula is C21H25N5O3S. The Morgan fingerprint density at radius 1 is 1.17 bits per heavy atom. The number of rotatable bonds is 8. The van der Waals surface area contributed by atoms with Crippen molar-refractivity contribution in [3.8, 4) is 0 Å². The summed E-state index contributed by atoms with van der Waals surface area (Å²) in [5.41, 5.74) is 1.20. The maximum absolute atomic E-state index is 12.4. The van der Waals surface area contributed by atoms with Gasteiger partial charge in [-0.2, -0.15) is 0 Å². The highest BCUT2D eigenvalue weighted by atomic mass is 32.2. The van der Waals surface area contributed by atoms with E-state index < -0.39 is 0 Å². The normalized spacial score (nSPS) is 11.0. The number of nitrogens with zero attached hydrogens (tertiary/aromatic N) is 4. The largest absolute Gasteiger partial charge is 0.467 e. The molecule has 0 saturated heterocycles. The van der Waals surface area contributed by atoms with Gasteiger partial charge in [-0.25, -0.2) is 0 Å². The molecule has 30 heavy (non-hydrogen) atoms. The minimum Gasteiger partial charge on any atom is -0.467 e. The third-order valence-corrected chi connectivity index (χ3v) is 5.28. The number of benzene rings is 1. The molecule has 0 bridgehead atoms. The molecule has 3 aromatic rings. The van der Waals surface area contributed by atoms with E-state index in [4.69, 9.17) is 4.42 Å². The number of carbonyl (C=O) groups excluding carboxylic acids is 2. The number of aromatic nitrogens is 3. The zero-order valence-corrected chi connectivity index (χ0v) is 18.3. The molecule has 2 amide bonds. The van der Waals surface area contributed by atoms with Crippen LogP contribution in [-0.2, 0) is 11.3 Å². The first-order chi connectivity index (χ1) is 14.3.